The topological polar surface area (TPSA) is 43.4 Å². The first-order valence-electron chi connectivity index (χ1n) is 3.27. The summed E-state index contributed by atoms with van der Waals surface area (Å²) in [6.07, 6.45) is 1.67. The van der Waals surface area contributed by atoms with Crippen molar-refractivity contribution in [3.8, 4) is 5.75 Å². The fraction of sp³-hybridized carbons (Fsp3) is 0. The van der Waals surface area contributed by atoms with Crippen LogP contribution in [0.5, 0.6) is 5.75 Å². The monoisotopic (exact) mass is 192 g/mol. The molecule has 0 aliphatic carbocycles. The molecule has 0 heterocycles. The van der Waals surface area contributed by atoms with E-state index in [0.29, 0.717) is 5.75 Å². The summed E-state index contributed by atoms with van der Waals surface area (Å²) in [6.45, 7) is 3.56. The van der Waals surface area contributed by atoms with Gasteiger partial charge in [-0.15, -0.1) is 0 Å². The quantitative estimate of drug-likeness (QED) is 0.563. The van der Waals surface area contributed by atoms with E-state index in [9.17, 15) is 8.42 Å². The Kier molecular flexibility index (Phi) is 5.56. The number of benzene rings is 1. The molecule has 0 bridgehead atoms. The Hall–Kier alpha value is -0.693. The van der Waals surface area contributed by atoms with Gasteiger partial charge in [0.1, 0.15) is 5.75 Å². The van der Waals surface area contributed by atoms with Crippen LogP contribution in [0.1, 0.15) is 5.56 Å². The maximum absolute atomic E-state index is 10.1. The van der Waals surface area contributed by atoms with Crippen LogP contribution in [-0.2, 0) is 11.0 Å². The van der Waals surface area contributed by atoms with Crippen LogP contribution in [0.2, 0.25) is 0 Å². The van der Waals surface area contributed by atoms with Gasteiger partial charge in [0.15, 0.2) is 0 Å². The molecule has 1 aromatic rings. The number of thiol groups is 1. The molecule has 0 aliphatic heterocycles. The molecule has 0 aromatic heterocycles. The van der Waals surface area contributed by atoms with Crippen LogP contribution < -0.4 is 4.18 Å². The van der Waals surface area contributed by atoms with Gasteiger partial charge in [-0.05, 0) is 17.7 Å². The third-order valence-electron chi connectivity index (χ3n) is 1.30. The molecule has 1 aromatic carbocycles. The van der Waals surface area contributed by atoms with Crippen molar-refractivity contribution in [2.45, 2.75) is 0 Å². The molecule has 5 heteroatoms. The summed E-state index contributed by atoms with van der Waals surface area (Å²) >= 11 is 0. The fourth-order valence-electron chi connectivity index (χ4n) is 0.751. The zero-order valence-electron chi connectivity index (χ0n) is 6.27. The first kappa shape index (κ1) is 12.3. The van der Waals surface area contributed by atoms with Crippen LogP contribution >= 0.6 is 0 Å². The second-order valence-electron chi connectivity index (χ2n) is 2.09. The average Bonchev–Trinajstić information content (AvgIpc) is 2.05. The molecule has 0 amide bonds. The van der Waals surface area contributed by atoms with E-state index >= 15 is 0 Å². The normalized spacial score (nSPS) is 9.00. The minimum atomic E-state index is -2.82. The standard InChI is InChI=1S/C8H8O3S.Li.H/c1-2-7-3-5-8(6-4-7)11-12(9)10;;/h2-6,12H,1H2;;. The second-order valence-corrected chi connectivity index (χ2v) is 2.72. The van der Waals surface area contributed by atoms with E-state index in [0.717, 1.165) is 5.56 Å². The van der Waals surface area contributed by atoms with E-state index in [4.69, 9.17) is 0 Å². The van der Waals surface area contributed by atoms with Crippen LogP contribution in [0.3, 0.4) is 0 Å². The molecule has 0 spiro atoms. The predicted octanol–water partition coefficient (Wildman–Crippen LogP) is 0.586. The van der Waals surface area contributed by atoms with Gasteiger partial charge in [0.2, 0.25) is 0 Å². The zero-order chi connectivity index (χ0) is 8.97. The van der Waals surface area contributed by atoms with Gasteiger partial charge in [-0.25, -0.2) is 0 Å². The van der Waals surface area contributed by atoms with Crippen molar-refractivity contribution in [1.29, 1.82) is 0 Å². The molecule has 0 atom stereocenters. The SMILES string of the molecule is C=Cc1ccc(O[SH](=O)=O)cc1.[LiH]. The van der Waals surface area contributed by atoms with Gasteiger partial charge in [-0.3, -0.25) is 0 Å². The van der Waals surface area contributed by atoms with E-state index in [-0.39, 0.29) is 18.9 Å². The second kappa shape index (κ2) is 5.87. The Balaban J connectivity index is 0.00000144. The molecule has 0 saturated carbocycles. The van der Waals surface area contributed by atoms with Gasteiger partial charge in [0.25, 0.3) is 11.0 Å². The van der Waals surface area contributed by atoms with E-state index in [2.05, 4.69) is 10.8 Å². The average molecular weight is 192 g/mol. The van der Waals surface area contributed by atoms with Crippen LogP contribution in [0.4, 0.5) is 0 Å². The fourth-order valence-corrected chi connectivity index (χ4v) is 1.04. The van der Waals surface area contributed by atoms with E-state index in [1.165, 1.54) is 0 Å². The minimum absolute atomic E-state index is 0. The van der Waals surface area contributed by atoms with Gasteiger partial charge < -0.3 is 4.18 Å². The van der Waals surface area contributed by atoms with Gasteiger partial charge in [0.05, 0.1) is 0 Å². The Morgan fingerprint density at radius 3 is 2.15 bits per heavy atom. The van der Waals surface area contributed by atoms with Crippen molar-refractivity contribution in [3.05, 3.63) is 36.4 Å². The molecule has 0 aliphatic rings. The molecule has 0 N–H and O–H groups in total. The van der Waals surface area contributed by atoms with Crippen molar-refractivity contribution in [2.24, 2.45) is 0 Å². The first-order chi connectivity index (χ1) is 5.72. The molecule has 1 rings (SSSR count). The van der Waals surface area contributed by atoms with E-state index < -0.39 is 11.0 Å². The van der Waals surface area contributed by atoms with Crippen molar-refractivity contribution in [3.63, 3.8) is 0 Å². The van der Waals surface area contributed by atoms with Crippen molar-refractivity contribution in [2.75, 3.05) is 0 Å². The van der Waals surface area contributed by atoms with Crippen molar-refractivity contribution >= 4 is 35.9 Å². The third-order valence-corrected chi connectivity index (χ3v) is 1.66. The molecule has 0 unspecified atom stereocenters. The molecular weight excluding hydrogens is 183 g/mol. The summed E-state index contributed by atoms with van der Waals surface area (Å²) in [5.41, 5.74) is 0.920. The Morgan fingerprint density at radius 1 is 1.23 bits per heavy atom. The first-order valence-corrected chi connectivity index (χ1v) is 4.37. The van der Waals surface area contributed by atoms with Crippen molar-refractivity contribution in [1.82, 2.24) is 0 Å². The summed E-state index contributed by atoms with van der Waals surface area (Å²) in [5.74, 6) is 0.316. The molecule has 0 fully saturated rings. The predicted molar refractivity (Wildman–Crippen MR) is 54.6 cm³/mol. The van der Waals surface area contributed by atoms with Crippen LogP contribution in [0.15, 0.2) is 30.8 Å². The zero-order valence-corrected chi connectivity index (χ0v) is 7.16. The summed E-state index contributed by atoms with van der Waals surface area (Å²) < 4.78 is 24.7. The van der Waals surface area contributed by atoms with E-state index in [1.54, 1.807) is 30.3 Å². The Morgan fingerprint density at radius 2 is 1.77 bits per heavy atom. The summed E-state index contributed by atoms with van der Waals surface area (Å²) in [4.78, 5) is 0. The molecule has 0 saturated heterocycles. The summed E-state index contributed by atoms with van der Waals surface area (Å²) in [6, 6.07) is 6.59. The number of rotatable bonds is 3. The van der Waals surface area contributed by atoms with Gasteiger partial charge in [-0.1, -0.05) is 24.8 Å². The molecule has 66 valence electrons. The number of hydrogen-bond acceptors (Lipinski definition) is 3. The van der Waals surface area contributed by atoms with Crippen LogP contribution in [-0.4, -0.2) is 27.3 Å². The van der Waals surface area contributed by atoms with E-state index in [1.807, 2.05) is 0 Å². The Bertz CT molecular complexity index is 335. The van der Waals surface area contributed by atoms with Gasteiger partial charge in [-0.2, -0.15) is 8.42 Å². The third kappa shape index (κ3) is 4.18. The van der Waals surface area contributed by atoms with Gasteiger partial charge in [0, 0.05) is 0 Å². The molecule has 0 radical (unpaired) electrons. The molecule has 13 heavy (non-hydrogen) atoms. The molecule has 3 nitrogen and oxygen atoms in total. The molecular formula is C8H9LiO3S. The Labute approximate surface area is 90.7 Å². The van der Waals surface area contributed by atoms with Crippen molar-refractivity contribution < 1.29 is 12.6 Å². The van der Waals surface area contributed by atoms with Crippen LogP contribution in [0.25, 0.3) is 6.08 Å². The summed E-state index contributed by atoms with van der Waals surface area (Å²) in [5, 5.41) is 0. The van der Waals surface area contributed by atoms with Gasteiger partial charge >= 0.3 is 18.9 Å². The van der Waals surface area contributed by atoms with Crippen LogP contribution in [0, 0.1) is 0 Å². The number of hydrogen-bond donors (Lipinski definition) is 1. The summed E-state index contributed by atoms with van der Waals surface area (Å²) in [7, 11) is -2.82. The maximum atomic E-state index is 10.1.